The predicted octanol–water partition coefficient (Wildman–Crippen LogP) is 3.38. The van der Waals surface area contributed by atoms with E-state index in [0.29, 0.717) is 5.56 Å². The quantitative estimate of drug-likeness (QED) is 0.605. The number of quaternary nitrogens is 1. The summed E-state index contributed by atoms with van der Waals surface area (Å²) in [6, 6.07) is 24.7. The lowest BCUT2D eigenvalue weighted by atomic mass is 10.2. The molecule has 2 N–H and O–H groups in total. The first-order valence-corrected chi connectivity index (χ1v) is 10.6. The highest BCUT2D eigenvalue weighted by Crippen LogP contribution is 2.18. The monoisotopic (exact) mass is 416 g/mol. The average molecular weight is 417 g/mol. The van der Waals surface area contributed by atoms with E-state index in [1.54, 1.807) is 23.1 Å². The minimum Gasteiger partial charge on any atom is -0.360 e. The predicted molar refractivity (Wildman–Crippen MR) is 124 cm³/mol. The second-order valence-corrected chi connectivity index (χ2v) is 7.82. The number of nitrogens with zero attached hydrogens (tertiary/aromatic N) is 1. The van der Waals surface area contributed by atoms with Gasteiger partial charge in [0.25, 0.3) is 0 Å². The van der Waals surface area contributed by atoms with E-state index < -0.39 is 0 Å². The number of hydrogen-bond acceptors (Lipinski definition) is 2. The van der Waals surface area contributed by atoms with Gasteiger partial charge in [0.15, 0.2) is 0 Å². The van der Waals surface area contributed by atoms with Crippen LogP contribution >= 0.6 is 0 Å². The maximum Gasteiger partial charge on any atom is 0.248 e. The van der Waals surface area contributed by atoms with Crippen LogP contribution in [0.4, 0.5) is 15.8 Å². The van der Waals surface area contributed by atoms with E-state index in [1.807, 2.05) is 24.3 Å². The smallest absolute Gasteiger partial charge is 0.248 e. The van der Waals surface area contributed by atoms with Crippen LogP contribution in [-0.4, -0.2) is 32.1 Å². The Kier molecular flexibility index (Phi) is 6.75. The molecule has 1 amide bonds. The average Bonchev–Trinajstić information content (AvgIpc) is 2.80. The molecule has 0 saturated carbocycles. The molecule has 31 heavy (non-hydrogen) atoms. The molecular weight excluding hydrogens is 389 g/mol. The van der Waals surface area contributed by atoms with E-state index in [9.17, 15) is 9.18 Å². The summed E-state index contributed by atoms with van der Waals surface area (Å²) in [7, 11) is 0. The number of nitrogens with one attached hydrogen (secondary N) is 2. The molecule has 1 heterocycles. The number of carbonyl (C=O) groups is 1. The van der Waals surface area contributed by atoms with Gasteiger partial charge in [0.05, 0.1) is 26.2 Å². The Labute approximate surface area is 182 Å². The standard InChI is InChI=1S/C26H26FN3O/c27-23-8-4-7-21(19-23)9-14-26(31)28-24-10-12-25(13-11-24)30-17-15-29(16-18-30)20-22-5-2-1-3-6-22/h1-14,19H,15-18,20H2,(H,28,31)/p+1/b14-9+. The second-order valence-electron chi connectivity index (χ2n) is 7.82. The second kappa shape index (κ2) is 10.0. The van der Waals surface area contributed by atoms with Gasteiger partial charge < -0.3 is 15.1 Å². The van der Waals surface area contributed by atoms with Crippen molar-refractivity contribution in [3.63, 3.8) is 0 Å². The Morgan fingerprint density at radius 3 is 2.42 bits per heavy atom. The third kappa shape index (κ3) is 6.03. The van der Waals surface area contributed by atoms with Crippen molar-refractivity contribution in [2.45, 2.75) is 6.54 Å². The van der Waals surface area contributed by atoms with Crippen LogP contribution in [0, 0.1) is 5.82 Å². The van der Waals surface area contributed by atoms with E-state index in [-0.39, 0.29) is 11.7 Å². The molecule has 0 aliphatic carbocycles. The summed E-state index contributed by atoms with van der Waals surface area (Å²) in [5.41, 5.74) is 3.95. The Morgan fingerprint density at radius 2 is 1.71 bits per heavy atom. The van der Waals surface area contributed by atoms with Crippen molar-refractivity contribution < 1.29 is 14.1 Å². The summed E-state index contributed by atoms with van der Waals surface area (Å²) in [5, 5.41) is 2.85. The van der Waals surface area contributed by atoms with E-state index in [2.05, 4.69) is 40.5 Å². The zero-order chi connectivity index (χ0) is 21.5. The van der Waals surface area contributed by atoms with Gasteiger partial charge >= 0.3 is 0 Å². The van der Waals surface area contributed by atoms with Gasteiger partial charge in [-0.3, -0.25) is 4.79 Å². The molecule has 3 aromatic rings. The first-order valence-electron chi connectivity index (χ1n) is 10.6. The molecule has 1 fully saturated rings. The first-order chi connectivity index (χ1) is 15.2. The molecule has 3 aromatic carbocycles. The van der Waals surface area contributed by atoms with Crippen molar-refractivity contribution >= 4 is 23.4 Å². The molecule has 0 atom stereocenters. The molecule has 0 unspecified atom stereocenters. The number of hydrogen-bond donors (Lipinski definition) is 2. The fourth-order valence-electron chi connectivity index (χ4n) is 3.86. The van der Waals surface area contributed by atoms with Crippen molar-refractivity contribution in [1.82, 2.24) is 0 Å². The van der Waals surface area contributed by atoms with Gasteiger partial charge in [-0.15, -0.1) is 0 Å². The van der Waals surface area contributed by atoms with E-state index in [0.717, 1.165) is 38.4 Å². The van der Waals surface area contributed by atoms with Crippen molar-refractivity contribution in [1.29, 1.82) is 0 Å². The number of piperazine rings is 1. The highest BCUT2D eigenvalue weighted by molar-refractivity contribution is 6.02. The molecule has 5 heteroatoms. The Balaban J connectivity index is 1.27. The summed E-state index contributed by atoms with van der Waals surface area (Å²) in [4.78, 5) is 16.1. The van der Waals surface area contributed by atoms with Crippen LogP contribution in [-0.2, 0) is 11.3 Å². The van der Waals surface area contributed by atoms with Crippen molar-refractivity contribution in [3.05, 3.63) is 102 Å². The van der Waals surface area contributed by atoms with Crippen molar-refractivity contribution in [2.75, 3.05) is 36.4 Å². The van der Waals surface area contributed by atoms with Gasteiger partial charge in [-0.1, -0.05) is 42.5 Å². The summed E-state index contributed by atoms with van der Waals surface area (Å²) in [5.74, 6) is -0.559. The highest BCUT2D eigenvalue weighted by atomic mass is 19.1. The van der Waals surface area contributed by atoms with E-state index >= 15 is 0 Å². The first kappa shape index (κ1) is 20.8. The molecule has 1 saturated heterocycles. The summed E-state index contributed by atoms with van der Waals surface area (Å²) in [6.07, 6.45) is 3.02. The fraction of sp³-hybridized carbons (Fsp3) is 0.192. The number of halogens is 1. The van der Waals surface area contributed by atoms with Gasteiger partial charge in [-0.25, -0.2) is 4.39 Å². The third-order valence-corrected chi connectivity index (χ3v) is 5.54. The third-order valence-electron chi connectivity index (χ3n) is 5.54. The minimum atomic E-state index is -0.319. The maximum atomic E-state index is 13.2. The van der Waals surface area contributed by atoms with Crippen LogP contribution < -0.4 is 15.1 Å². The molecule has 0 bridgehead atoms. The van der Waals surface area contributed by atoms with Gasteiger partial charge in [0, 0.05) is 23.0 Å². The molecular formula is C26H27FN3O+. The highest BCUT2D eigenvalue weighted by Gasteiger charge is 2.20. The van der Waals surface area contributed by atoms with Gasteiger partial charge in [0.1, 0.15) is 12.4 Å². The number of carbonyl (C=O) groups excluding carboxylic acids is 1. The van der Waals surface area contributed by atoms with E-state index in [4.69, 9.17) is 0 Å². The van der Waals surface area contributed by atoms with Crippen molar-refractivity contribution in [3.8, 4) is 0 Å². The topological polar surface area (TPSA) is 36.8 Å². The van der Waals surface area contributed by atoms with Crippen LogP contribution in [0.15, 0.2) is 84.9 Å². The number of rotatable bonds is 6. The zero-order valence-electron chi connectivity index (χ0n) is 17.4. The molecule has 1 aliphatic rings. The van der Waals surface area contributed by atoms with Gasteiger partial charge in [0.2, 0.25) is 5.91 Å². The van der Waals surface area contributed by atoms with Gasteiger partial charge in [-0.05, 0) is 48.0 Å². The number of amides is 1. The van der Waals surface area contributed by atoms with Crippen LogP contribution in [0.25, 0.3) is 6.08 Å². The summed E-state index contributed by atoms with van der Waals surface area (Å²) < 4.78 is 13.2. The lowest BCUT2D eigenvalue weighted by molar-refractivity contribution is -0.914. The van der Waals surface area contributed by atoms with Crippen LogP contribution in [0.1, 0.15) is 11.1 Å². The number of benzene rings is 3. The Hall–Kier alpha value is -3.44. The Morgan fingerprint density at radius 1 is 0.968 bits per heavy atom. The normalized spacial score (nSPS) is 14.7. The zero-order valence-corrected chi connectivity index (χ0v) is 17.4. The summed E-state index contributed by atoms with van der Waals surface area (Å²) >= 11 is 0. The van der Waals surface area contributed by atoms with Crippen molar-refractivity contribution in [2.24, 2.45) is 0 Å². The maximum absolute atomic E-state index is 13.2. The van der Waals surface area contributed by atoms with Gasteiger partial charge in [-0.2, -0.15) is 0 Å². The van der Waals surface area contributed by atoms with Crippen LogP contribution in [0.5, 0.6) is 0 Å². The minimum absolute atomic E-state index is 0.241. The molecule has 4 nitrogen and oxygen atoms in total. The number of anilines is 2. The molecule has 0 aromatic heterocycles. The fourth-order valence-corrected chi connectivity index (χ4v) is 3.86. The lowest BCUT2D eigenvalue weighted by Crippen LogP contribution is -3.13. The summed E-state index contributed by atoms with van der Waals surface area (Å²) in [6.45, 7) is 5.33. The lowest BCUT2D eigenvalue weighted by Gasteiger charge is -2.33. The molecule has 0 spiro atoms. The van der Waals surface area contributed by atoms with Crippen LogP contribution in [0.2, 0.25) is 0 Å². The SMILES string of the molecule is O=C(/C=C/c1cccc(F)c1)Nc1ccc(N2CC[NH+](Cc3ccccc3)CC2)cc1. The Bertz CT molecular complexity index is 1030. The van der Waals surface area contributed by atoms with E-state index in [1.165, 1.54) is 29.5 Å². The molecule has 0 radical (unpaired) electrons. The molecule has 158 valence electrons. The molecule has 1 aliphatic heterocycles. The molecule has 4 rings (SSSR count). The van der Waals surface area contributed by atoms with Crippen LogP contribution in [0.3, 0.4) is 0 Å². The largest absolute Gasteiger partial charge is 0.360 e.